The van der Waals surface area contributed by atoms with Crippen molar-refractivity contribution in [2.45, 2.75) is 19.4 Å². The maximum Gasteiger partial charge on any atom is 0.335 e. The highest BCUT2D eigenvalue weighted by Crippen LogP contribution is 2.32. The van der Waals surface area contributed by atoms with E-state index in [0.29, 0.717) is 22.2 Å². The molecule has 33 heavy (non-hydrogen) atoms. The Hall–Kier alpha value is -3.97. The topological polar surface area (TPSA) is 102 Å². The second kappa shape index (κ2) is 8.88. The quantitative estimate of drug-likeness (QED) is 0.376. The van der Waals surface area contributed by atoms with Gasteiger partial charge in [0.1, 0.15) is 0 Å². The molecule has 1 saturated heterocycles. The molecule has 0 aliphatic carbocycles. The lowest BCUT2D eigenvalue weighted by atomic mass is 10.0. The van der Waals surface area contributed by atoms with Gasteiger partial charge in [-0.1, -0.05) is 12.1 Å². The fourth-order valence-corrected chi connectivity index (χ4v) is 4.33. The number of aromatic hydroxyl groups is 1. The van der Waals surface area contributed by atoms with Crippen molar-refractivity contribution in [3.63, 3.8) is 0 Å². The largest absolute Gasteiger partial charge is 0.494 e. The Bertz CT molecular complexity index is 1320. The van der Waals surface area contributed by atoms with Gasteiger partial charge in [0.25, 0.3) is 0 Å². The molecule has 0 amide bonds. The minimum absolute atomic E-state index is 0.0613. The maximum atomic E-state index is 11.5. The third-order valence-corrected chi connectivity index (χ3v) is 6.00. The minimum atomic E-state index is -1.03. The van der Waals surface area contributed by atoms with Gasteiger partial charge in [0, 0.05) is 35.4 Å². The Morgan fingerprint density at radius 2 is 1.73 bits per heavy atom. The lowest BCUT2D eigenvalue weighted by Gasteiger charge is -2.14. The number of aliphatic imine (C=N–C) groups is 1. The number of hydrogen-bond acceptors (Lipinski definition) is 5. The van der Waals surface area contributed by atoms with Crippen LogP contribution in [0.5, 0.6) is 5.88 Å². The highest BCUT2D eigenvalue weighted by Gasteiger charge is 2.20. The number of nitrogens with one attached hydrogen (secondary N) is 1. The van der Waals surface area contributed by atoms with Gasteiger partial charge in [-0.25, -0.2) is 9.79 Å². The first kappa shape index (κ1) is 20.9. The summed E-state index contributed by atoms with van der Waals surface area (Å²) in [5, 5.41) is 20.8. The van der Waals surface area contributed by atoms with E-state index in [0.717, 1.165) is 30.9 Å². The Morgan fingerprint density at radius 1 is 1.00 bits per heavy atom. The van der Waals surface area contributed by atoms with Gasteiger partial charge in [-0.15, -0.1) is 0 Å². The van der Waals surface area contributed by atoms with Crippen LogP contribution in [0.1, 0.15) is 39.9 Å². The second-order valence-corrected chi connectivity index (χ2v) is 8.26. The number of benzene rings is 2. The lowest BCUT2D eigenvalue weighted by Crippen LogP contribution is -2.18. The van der Waals surface area contributed by atoms with E-state index in [4.69, 9.17) is 4.99 Å². The molecule has 0 saturated carbocycles. The predicted octanol–water partition coefficient (Wildman–Crippen LogP) is 4.73. The third-order valence-electron chi connectivity index (χ3n) is 6.00. The van der Waals surface area contributed by atoms with E-state index in [1.807, 2.05) is 24.3 Å². The van der Waals surface area contributed by atoms with Crippen LogP contribution in [0.25, 0.3) is 10.9 Å². The summed E-state index contributed by atoms with van der Waals surface area (Å²) in [5.74, 6) is -1.09. The van der Waals surface area contributed by atoms with Gasteiger partial charge in [0.05, 0.1) is 22.5 Å². The first-order valence-electron chi connectivity index (χ1n) is 11.0. The van der Waals surface area contributed by atoms with Crippen molar-refractivity contribution in [3.05, 3.63) is 89.2 Å². The van der Waals surface area contributed by atoms with Gasteiger partial charge in [-0.05, 0) is 74.0 Å². The normalized spacial score (nSPS) is 14.7. The molecule has 0 atom stereocenters. The highest BCUT2D eigenvalue weighted by molar-refractivity contribution is 6.22. The number of pyridine rings is 1. The van der Waals surface area contributed by atoms with Crippen LogP contribution >= 0.6 is 0 Å². The molecule has 1 aliphatic rings. The molecule has 2 aromatic carbocycles. The summed E-state index contributed by atoms with van der Waals surface area (Å²) in [7, 11) is 0. The number of carbonyl (C=O) groups is 1. The molecule has 5 rings (SSSR count). The zero-order chi connectivity index (χ0) is 22.8. The Labute approximate surface area is 191 Å². The molecule has 0 unspecified atom stereocenters. The van der Waals surface area contributed by atoms with E-state index in [-0.39, 0.29) is 11.4 Å². The molecular weight excluding hydrogens is 416 g/mol. The van der Waals surface area contributed by atoms with Crippen molar-refractivity contribution in [1.29, 1.82) is 0 Å². The monoisotopic (exact) mass is 440 g/mol. The first-order valence-corrected chi connectivity index (χ1v) is 11.0. The number of rotatable bonds is 6. The van der Waals surface area contributed by atoms with Crippen molar-refractivity contribution >= 4 is 28.3 Å². The smallest absolute Gasteiger partial charge is 0.335 e. The number of fused-ring (bicyclic) bond motifs is 1. The summed E-state index contributed by atoms with van der Waals surface area (Å²) < 4.78 is 0. The number of aromatic nitrogens is 2. The van der Waals surface area contributed by atoms with Crippen molar-refractivity contribution in [2.75, 3.05) is 13.1 Å². The van der Waals surface area contributed by atoms with Crippen LogP contribution in [-0.2, 0) is 6.54 Å². The van der Waals surface area contributed by atoms with Crippen molar-refractivity contribution < 1.29 is 15.0 Å². The number of aromatic amines is 1. The van der Waals surface area contributed by atoms with Crippen LogP contribution in [0, 0.1) is 0 Å². The second-order valence-electron chi connectivity index (χ2n) is 8.26. The molecule has 1 fully saturated rings. The van der Waals surface area contributed by atoms with Crippen molar-refractivity contribution in [2.24, 2.45) is 4.99 Å². The molecule has 2 aromatic heterocycles. The molecule has 7 nitrogen and oxygen atoms in total. The Morgan fingerprint density at radius 3 is 2.42 bits per heavy atom. The summed E-state index contributed by atoms with van der Waals surface area (Å²) in [5.41, 5.74) is 4.52. The third kappa shape index (κ3) is 4.36. The van der Waals surface area contributed by atoms with Gasteiger partial charge >= 0.3 is 5.97 Å². The van der Waals surface area contributed by atoms with Gasteiger partial charge in [0.15, 0.2) is 5.88 Å². The molecule has 0 spiro atoms. The van der Waals surface area contributed by atoms with Crippen LogP contribution < -0.4 is 0 Å². The number of carboxylic acids is 1. The highest BCUT2D eigenvalue weighted by atomic mass is 16.4. The summed E-state index contributed by atoms with van der Waals surface area (Å²) in [6, 6.07) is 16.5. The Balaban J connectivity index is 1.59. The van der Waals surface area contributed by atoms with Gasteiger partial charge in [0.2, 0.25) is 0 Å². The van der Waals surface area contributed by atoms with E-state index in [9.17, 15) is 15.0 Å². The fraction of sp³-hybridized carbons (Fsp3) is 0.192. The number of nitrogens with zero attached hydrogens (tertiary/aromatic N) is 3. The molecule has 7 heteroatoms. The molecule has 3 heterocycles. The van der Waals surface area contributed by atoms with E-state index < -0.39 is 5.97 Å². The van der Waals surface area contributed by atoms with Gasteiger partial charge in [-0.3, -0.25) is 9.88 Å². The number of likely N-dealkylation sites (tertiary alicyclic amines) is 1. The SMILES string of the molecule is O=C(O)c1ccc2[nH]c(O)c(C(=Nc3ccc(CN4CCCC4)cc3)c3ccncc3)c2c1. The molecule has 0 bridgehead atoms. The van der Waals surface area contributed by atoms with Crippen LogP contribution in [0.15, 0.2) is 72.0 Å². The Kier molecular flexibility index (Phi) is 5.62. The van der Waals surface area contributed by atoms with Crippen LogP contribution in [0.2, 0.25) is 0 Å². The van der Waals surface area contributed by atoms with E-state index in [1.165, 1.54) is 24.5 Å². The molecular formula is C26H24N4O3. The first-order chi connectivity index (χ1) is 16.1. The number of H-pyrrole nitrogens is 1. The predicted molar refractivity (Wildman–Crippen MR) is 127 cm³/mol. The average molecular weight is 441 g/mol. The average Bonchev–Trinajstić information content (AvgIpc) is 3.45. The summed E-state index contributed by atoms with van der Waals surface area (Å²) in [6.07, 6.45) is 5.85. The lowest BCUT2D eigenvalue weighted by molar-refractivity contribution is 0.0697. The zero-order valence-electron chi connectivity index (χ0n) is 18.0. The van der Waals surface area contributed by atoms with Gasteiger partial charge in [-0.2, -0.15) is 0 Å². The summed E-state index contributed by atoms with van der Waals surface area (Å²) >= 11 is 0. The minimum Gasteiger partial charge on any atom is -0.494 e. The maximum absolute atomic E-state index is 11.5. The van der Waals surface area contributed by atoms with E-state index >= 15 is 0 Å². The number of aromatic carboxylic acids is 1. The summed E-state index contributed by atoms with van der Waals surface area (Å²) in [4.78, 5) is 25.9. The van der Waals surface area contributed by atoms with Crippen LogP contribution in [0.3, 0.4) is 0 Å². The van der Waals surface area contributed by atoms with Crippen LogP contribution in [-0.4, -0.2) is 49.9 Å². The van der Waals surface area contributed by atoms with Crippen molar-refractivity contribution in [1.82, 2.24) is 14.9 Å². The van der Waals surface area contributed by atoms with Crippen LogP contribution in [0.4, 0.5) is 5.69 Å². The van der Waals surface area contributed by atoms with Gasteiger partial charge < -0.3 is 15.2 Å². The number of hydrogen-bond donors (Lipinski definition) is 3. The standard InChI is InChI=1S/C26H24N4O3/c31-25-23(21-15-19(26(32)33)5-8-22(21)29-25)24(18-9-11-27-12-10-18)28-20-6-3-17(4-7-20)16-30-13-1-2-14-30/h3-12,15,29,31H,1-2,13-14,16H2,(H,32,33). The zero-order valence-corrected chi connectivity index (χ0v) is 18.0. The molecule has 4 aromatic rings. The molecule has 0 radical (unpaired) electrons. The number of carboxylic acid groups (broad SMARTS) is 1. The summed E-state index contributed by atoms with van der Waals surface area (Å²) in [6.45, 7) is 3.22. The fourth-order valence-electron chi connectivity index (χ4n) is 4.33. The molecule has 166 valence electrons. The molecule has 1 aliphatic heterocycles. The van der Waals surface area contributed by atoms with E-state index in [1.54, 1.807) is 24.5 Å². The molecule has 3 N–H and O–H groups in total. The van der Waals surface area contributed by atoms with E-state index in [2.05, 4.69) is 27.0 Å². The van der Waals surface area contributed by atoms with Crippen molar-refractivity contribution in [3.8, 4) is 5.88 Å².